The smallest absolute Gasteiger partial charge is 0.263 e. The van der Waals surface area contributed by atoms with Crippen LogP contribution in [0.5, 0.6) is 0 Å². The van der Waals surface area contributed by atoms with Crippen molar-refractivity contribution < 1.29 is 9.53 Å². The maximum Gasteiger partial charge on any atom is 0.263 e. The molecule has 1 aliphatic heterocycles. The zero-order valence-corrected chi connectivity index (χ0v) is 12.0. The maximum atomic E-state index is 12.3. The minimum Gasteiger partial charge on any atom is -0.381 e. The van der Waals surface area contributed by atoms with E-state index in [0.717, 1.165) is 19.4 Å². The number of likely N-dealkylation sites (tertiary alicyclic amines) is 1. The van der Waals surface area contributed by atoms with Crippen LogP contribution in [-0.4, -0.2) is 47.1 Å². The van der Waals surface area contributed by atoms with Crippen molar-refractivity contribution in [3.8, 4) is 0 Å². The Hall–Kier alpha value is -1.69. The average molecular weight is 279 g/mol. The number of hydrogen-bond acceptors (Lipinski definition) is 4. The average Bonchev–Trinajstić information content (AvgIpc) is 2.87. The van der Waals surface area contributed by atoms with Crippen molar-refractivity contribution >= 4 is 5.91 Å². The molecule has 1 fully saturated rings. The molecule has 1 amide bonds. The molecule has 2 heterocycles. The maximum absolute atomic E-state index is 12.3. The van der Waals surface area contributed by atoms with Gasteiger partial charge in [0.05, 0.1) is 6.61 Å². The third-order valence-corrected chi connectivity index (χ3v) is 3.43. The molecule has 1 aliphatic rings. The fourth-order valence-electron chi connectivity index (χ4n) is 2.35. The molecule has 1 aromatic heterocycles. The molecular weight excluding hydrogens is 258 g/mol. The summed E-state index contributed by atoms with van der Waals surface area (Å²) >= 11 is 0. The second-order valence-electron chi connectivity index (χ2n) is 5.19. The highest BCUT2D eigenvalue weighted by atomic mass is 16.5. The first-order chi connectivity index (χ1) is 9.61. The van der Waals surface area contributed by atoms with Gasteiger partial charge in [0.25, 0.3) is 11.5 Å². The Morgan fingerprint density at radius 3 is 3.10 bits per heavy atom. The highest BCUT2D eigenvalue weighted by Gasteiger charge is 2.28. The molecule has 0 aromatic carbocycles. The lowest BCUT2D eigenvalue weighted by molar-refractivity contribution is 0.0752. The van der Waals surface area contributed by atoms with Crippen LogP contribution in [0.1, 0.15) is 35.9 Å². The molecule has 6 heteroatoms. The quantitative estimate of drug-likeness (QED) is 0.815. The van der Waals surface area contributed by atoms with Crippen LogP contribution in [-0.2, 0) is 4.74 Å². The van der Waals surface area contributed by atoms with Gasteiger partial charge in [-0.15, -0.1) is 0 Å². The lowest BCUT2D eigenvalue weighted by Gasteiger charge is -2.16. The van der Waals surface area contributed by atoms with E-state index < -0.39 is 0 Å². The van der Waals surface area contributed by atoms with E-state index in [4.69, 9.17) is 4.74 Å². The standard InChI is InChI=1S/C14H21N3O3/c1-3-6-20-9-11-4-5-17(8-11)14(19)12-7-15-10(2)16-13(12)18/h7,11H,3-6,8-9H2,1-2H3,(H,15,16,18)/t11-/m0/s1. The summed E-state index contributed by atoms with van der Waals surface area (Å²) in [6, 6.07) is 0. The SMILES string of the molecule is CCCOC[C@H]1CCN(C(=O)c2cnc(C)[nH]c2=O)C1. The third-order valence-electron chi connectivity index (χ3n) is 3.43. The lowest BCUT2D eigenvalue weighted by Crippen LogP contribution is -2.34. The Balaban J connectivity index is 1.95. The first-order valence-electron chi connectivity index (χ1n) is 7.04. The first kappa shape index (κ1) is 14.7. The number of nitrogens with zero attached hydrogens (tertiary/aromatic N) is 2. The van der Waals surface area contributed by atoms with E-state index in [9.17, 15) is 9.59 Å². The molecule has 0 saturated carbocycles. The molecule has 0 aliphatic carbocycles. The molecule has 1 aromatic rings. The summed E-state index contributed by atoms with van der Waals surface area (Å²) in [5.74, 6) is 0.638. The third kappa shape index (κ3) is 3.45. The summed E-state index contributed by atoms with van der Waals surface area (Å²) in [6.45, 7) is 6.52. The zero-order valence-electron chi connectivity index (χ0n) is 12.0. The molecule has 0 radical (unpaired) electrons. The number of aryl methyl sites for hydroxylation is 1. The normalized spacial score (nSPS) is 18.5. The number of carbonyl (C=O) groups excluding carboxylic acids is 1. The van der Waals surface area contributed by atoms with Gasteiger partial charge in [0, 0.05) is 31.8 Å². The summed E-state index contributed by atoms with van der Waals surface area (Å²) in [5, 5.41) is 0. The van der Waals surface area contributed by atoms with Gasteiger partial charge >= 0.3 is 0 Å². The van der Waals surface area contributed by atoms with Gasteiger partial charge < -0.3 is 14.6 Å². The van der Waals surface area contributed by atoms with Gasteiger partial charge in [-0.3, -0.25) is 9.59 Å². The summed E-state index contributed by atoms with van der Waals surface area (Å²) in [4.78, 5) is 32.3. The van der Waals surface area contributed by atoms with Gasteiger partial charge in [-0.1, -0.05) is 6.92 Å². The Kier molecular flexibility index (Phi) is 4.89. The molecule has 6 nitrogen and oxygen atoms in total. The number of hydrogen-bond donors (Lipinski definition) is 1. The number of rotatable bonds is 5. The van der Waals surface area contributed by atoms with E-state index in [1.54, 1.807) is 11.8 Å². The van der Waals surface area contributed by atoms with Crippen LogP contribution in [0.15, 0.2) is 11.0 Å². The van der Waals surface area contributed by atoms with Crippen LogP contribution in [0.4, 0.5) is 0 Å². The van der Waals surface area contributed by atoms with Crippen molar-refractivity contribution in [2.45, 2.75) is 26.7 Å². The molecule has 0 unspecified atom stereocenters. The van der Waals surface area contributed by atoms with E-state index in [1.165, 1.54) is 6.20 Å². The number of H-pyrrole nitrogens is 1. The highest BCUT2D eigenvalue weighted by Crippen LogP contribution is 2.18. The van der Waals surface area contributed by atoms with Gasteiger partial charge in [-0.2, -0.15) is 0 Å². The van der Waals surface area contributed by atoms with Crippen LogP contribution < -0.4 is 5.56 Å². The molecule has 0 spiro atoms. The lowest BCUT2D eigenvalue weighted by atomic mass is 10.1. The van der Waals surface area contributed by atoms with E-state index in [-0.39, 0.29) is 17.0 Å². The second kappa shape index (κ2) is 6.65. The largest absolute Gasteiger partial charge is 0.381 e. The van der Waals surface area contributed by atoms with Gasteiger partial charge in [0.1, 0.15) is 11.4 Å². The summed E-state index contributed by atoms with van der Waals surface area (Å²) in [6.07, 6.45) is 3.28. The van der Waals surface area contributed by atoms with E-state index in [2.05, 4.69) is 16.9 Å². The summed E-state index contributed by atoms with van der Waals surface area (Å²) < 4.78 is 5.52. The zero-order chi connectivity index (χ0) is 14.5. The summed E-state index contributed by atoms with van der Waals surface area (Å²) in [7, 11) is 0. The van der Waals surface area contributed by atoms with Crippen LogP contribution in [0.3, 0.4) is 0 Å². The Labute approximate surface area is 118 Å². The number of nitrogens with one attached hydrogen (secondary N) is 1. The second-order valence-corrected chi connectivity index (χ2v) is 5.19. The molecule has 0 bridgehead atoms. The van der Waals surface area contributed by atoms with Crippen molar-refractivity contribution in [1.82, 2.24) is 14.9 Å². The van der Waals surface area contributed by atoms with Crippen molar-refractivity contribution in [2.24, 2.45) is 5.92 Å². The van der Waals surface area contributed by atoms with E-state index in [0.29, 0.717) is 31.4 Å². The Morgan fingerprint density at radius 2 is 2.40 bits per heavy atom. The molecule has 2 rings (SSSR count). The molecule has 20 heavy (non-hydrogen) atoms. The van der Waals surface area contributed by atoms with Crippen LogP contribution in [0, 0.1) is 12.8 Å². The van der Waals surface area contributed by atoms with Crippen LogP contribution in [0.25, 0.3) is 0 Å². The molecule has 1 N–H and O–H groups in total. The van der Waals surface area contributed by atoms with Gasteiger partial charge in [-0.25, -0.2) is 4.98 Å². The number of ether oxygens (including phenoxy) is 1. The predicted octanol–water partition coefficient (Wildman–Crippen LogP) is 0.967. The van der Waals surface area contributed by atoms with Crippen molar-refractivity contribution in [2.75, 3.05) is 26.3 Å². The van der Waals surface area contributed by atoms with Crippen molar-refractivity contribution in [1.29, 1.82) is 0 Å². The Morgan fingerprint density at radius 1 is 1.60 bits per heavy atom. The number of carbonyl (C=O) groups is 1. The van der Waals surface area contributed by atoms with Gasteiger partial charge in [0.2, 0.25) is 0 Å². The fraction of sp³-hybridized carbons (Fsp3) is 0.643. The minimum atomic E-state index is -0.367. The first-order valence-corrected chi connectivity index (χ1v) is 7.04. The minimum absolute atomic E-state index is 0.116. The predicted molar refractivity (Wildman–Crippen MR) is 74.7 cm³/mol. The molecule has 1 saturated heterocycles. The van der Waals surface area contributed by atoms with E-state index in [1.807, 2.05) is 0 Å². The van der Waals surface area contributed by atoms with Crippen molar-refractivity contribution in [3.63, 3.8) is 0 Å². The molecule has 110 valence electrons. The topological polar surface area (TPSA) is 75.3 Å². The fourth-order valence-corrected chi connectivity index (χ4v) is 2.35. The summed E-state index contributed by atoms with van der Waals surface area (Å²) in [5.41, 5.74) is -0.251. The van der Waals surface area contributed by atoms with Crippen LogP contribution >= 0.6 is 0 Å². The highest BCUT2D eigenvalue weighted by molar-refractivity contribution is 5.93. The number of amides is 1. The van der Waals surface area contributed by atoms with E-state index >= 15 is 0 Å². The number of aromatic nitrogens is 2. The molecule has 1 atom stereocenters. The monoisotopic (exact) mass is 279 g/mol. The van der Waals surface area contributed by atoms with Crippen LogP contribution in [0.2, 0.25) is 0 Å². The van der Waals surface area contributed by atoms with Gasteiger partial charge in [-0.05, 0) is 19.8 Å². The Bertz CT molecular complexity index is 527. The van der Waals surface area contributed by atoms with Crippen molar-refractivity contribution in [3.05, 3.63) is 27.9 Å². The van der Waals surface area contributed by atoms with Gasteiger partial charge in [0.15, 0.2) is 0 Å². The molecular formula is C14H21N3O3. The number of aromatic amines is 1.